The lowest BCUT2D eigenvalue weighted by Crippen LogP contribution is -2.29. The molecule has 2 aromatic carbocycles. The lowest BCUT2D eigenvalue weighted by atomic mass is 10.1. The summed E-state index contributed by atoms with van der Waals surface area (Å²) in [7, 11) is 0. The Morgan fingerprint density at radius 1 is 1.20 bits per heavy atom. The van der Waals surface area contributed by atoms with Gasteiger partial charge in [-0.1, -0.05) is 28.1 Å². The number of nitrogens with zero attached hydrogens (tertiary/aromatic N) is 4. The molecule has 154 valence electrons. The molecule has 0 bridgehead atoms. The number of rotatable bonds is 5. The number of anilines is 2. The number of aromatic nitrogens is 3. The second kappa shape index (κ2) is 8.31. The number of nitrogens with one attached hydrogen (secondary N) is 1. The van der Waals surface area contributed by atoms with Crippen molar-refractivity contribution in [3.05, 3.63) is 70.5 Å². The van der Waals surface area contributed by atoms with Crippen LogP contribution in [0.5, 0.6) is 0 Å². The number of benzene rings is 2. The summed E-state index contributed by atoms with van der Waals surface area (Å²) in [6.07, 6.45) is 1.42. The normalized spacial score (nSPS) is 16.2. The molecule has 0 aliphatic carbocycles. The molecule has 0 spiro atoms. The van der Waals surface area contributed by atoms with Crippen LogP contribution in [-0.4, -0.2) is 33.1 Å². The Bertz CT molecular complexity index is 1100. The lowest BCUT2D eigenvalue weighted by molar-refractivity contribution is -0.122. The summed E-state index contributed by atoms with van der Waals surface area (Å²) in [6, 6.07) is 10.7. The highest BCUT2D eigenvalue weighted by molar-refractivity contribution is 9.10. The zero-order valence-electron chi connectivity index (χ0n) is 15.6. The summed E-state index contributed by atoms with van der Waals surface area (Å²) in [5.74, 6) is -3.00. The SMILES string of the molecule is O=C(Nc1ncn(Cc2ccc(Br)cc2)n1)C1CC(=O)N(c2ccc(F)cc2F)C1. The molecule has 30 heavy (non-hydrogen) atoms. The van der Waals surface area contributed by atoms with E-state index < -0.39 is 29.4 Å². The fraction of sp³-hybridized carbons (Fsp3) is 0.200. The molecule has 1 unspecified atom stereocenters. The van der Waals surface area contributed by atoms with E-state index in [0.717, 1.165) is 21.0 Å². The summed E-state index contributed by atoms with van der Waals surface area (Å²) >= 11 is 3.38. The summed E-state index contributed by atoms with van der Waals surface area (Å²) in [6.45, 7) is 0.475. The molecule has 3 aromatic rings. The van der Waals surface area contributed by atoms with E-state index >= 15 is 0 Å². The van der Waals surface area contributed by atoms with Crippen molar-refractivity contribution in [1.29, 1.82) is 0 Å². The molecule has 1 fully saturated rings. The van der Waals surface area contributed by atoms with Gasteiger partial charge in [-0.25, -0.2) is 18.4 Å². The second-order valence-electron chi connectivity index (χ2n) is 6.88. The first kappa shape index (κ1) is 20.1. The van der Waals surface area contributed by atoms with E-state index in [0.29, 0.717) is 12.6 Å². The van der Waals surface area contributed by atoms with E-state index in [9.17, 15) is 18.4 Å². The fourth-order valence-corrected chi connectivity index (χ4v) is 3.50. The molecule has 1 N–H and O–H groups in total. The summed E-state index contributed by atoms with van der Waals surface area (Å²) in [5.41, 5.74) is 0.966. The Morgan fingerprint density at radius 3 is 2.70 bits per heavy atom. The molecule has 1 atom stereocenters. The third-order valence-electron chi connectivity index (χ3n) is 4.73. The molecule has 10 heteroatoms. The first-order valence-corrected chi connectivity index (χ1v) is 9.88. The minimum absolute atomic E-state index is 0.00712. The minimum Gasteiger partial charge on any atom is -0.309 e. The number of hydrogen-bond donors (Lipinski definition) is 1. The number of carbonyl (C=O) groups excluding carboxylic acids is 2. The Morgan fingerprint density at radius 2 is 1.97 bits per heavy atom. The van der Waals surface area contributed by atoms with Crippen LogP contribution < -0.4 is 10.2 Å². The van der Waals surface area contributed by atoms with Crippen LogP contribution in [0.2, 0.25) is 0 Å². The lowest BCUT2D eigenvalue weighted by Gasteiger charge is -2.17. The smallest absolute Gasteiger partial charge is 0.248 e. The summed E-state index contributed by atoms with van der Waals surface area (Å²) < 4.78 is 29.7. The van der Waals surface area contributed by atoms with Gasteiger partial charge in [0, 0.05) is 23.5 Å². The van der Waals surface area contributed by atoms with Gasteiger partial charge in [0.25, 0.3) is 0 Å². The molecule has 7 nitrogen and oxygen atoms in total. The van der Waals surface area contributed by atoms with Crippen molar-refractivity contribution in [1.82, 2.24) is 14.8 Å². The van der Waals surface area contributed by atoms with Gasteiger partial charge in [0.1, 0.15) is 18.0 Å². The second-order valence-corrected chi connectivity index (χ2v) is 7.80. The highest BCUT2D eigenvalue weighted by Gasteiger charge is 2.36. The third-order valence-corrected chi connectivity index (χ3v) is 5.25. The van der Waals surface area contributed by atoms with Gasteiger partial charge in [-0.15, -0.1) is 5.10 Å². The Labute approximate surface area is 178 Å². The van der Waals surface area contributed by atoms with Gasteiger partial charge in [0.15, 0.2) is 0 Å². The molecule has 1 aliphatic rings. The number of carbonyl (C=O) groups is 2. The Hall–Kier alpha value is -3.14. The Kier molecular flexibility index (Phi) is 5.58. The van der Waals surface area contributed by atoms with E-state index in [4.69, 9.17) is 0 Å². The first-order chi connectivity index (χ1) is 14.4. The topological polar surface area (TPSA) is 80.1 Å². The highest BCUT2D eigenvalue weighted by atomic mass is 79.9. The van der Waals surface area contributed by atoms with Crippen molar-refractivity contribution in [2.75, 3.05) is 16.8 Å². The minimum atomic E-state index is -0.849. The maximum absolute atomic E-state index is 14.0. The molecule has 0 radical (unpaired) electrons. The zero-order chi connectivity index (χ0) is 21.3. The quantitative estimate of drug-likeness (QED) is 0.613. The van der Waals surface area contributed by atoms with Crippen LogP contribution in [0.3, 0.4) is 0 Å². The van der Waals surface area contributed by atoms with Crippen LogP contribution in [-0.2, 0) is 16.1 Å². The highest BCUT2D eigenvalue weighted by Crippen LogP contribution is 2.28. The van der Waals surface area contributed by atoms with Crippen molar-refractivity contribution >= 4 is 39.4 Å². The molecule has 0 saturated carbocycles. The average Bonchev–Trinajstić information content (AvgIpc) is 3.30. The molecule has 2 heterocycles. The van der Waals surface area contributed by atoms with Crippen LogP contribution in [0.1, 0.15) is 12.0 Å². The molecular formula is C20H16BrF2N5O2. The van der Waals surface area contributed by atoms with Crippen LogP contribution in [0.4, 0.5) is 20.4 Å². The molecular weight excluding hydrogens is 460 g/mol. The van der Waals surface area contributed by atoms with Crippen molar-refractivity contribution in [2.24, 2.45) is 5.92 Å². The van der Waals surface area contributed by atoms with Crippen molar-refractivity contribution < 1.29 is 18.4 Å². The predicted octanol–water partition coefficient (Wildman–Crippen LogP) is 3.36. The van der Waals surface area contributed by atoms with Crippen molar-refractivity contribution in [2.45, 2.75) is 13.0 Å². The van der Waals surface area contributed by atoms with Gasteiger partial charge in [-0.2, -0.15) is 0 Å². The number of amides is 2. The Balaban J connectivity index is 1.39. The molecule has 1 saturated heterocycles. The van der Waals surface area contributed by atoms with Gasteiger partial charge in [0.2, 0.25) is 17.8 Å². The molecule has 1 aliphatic heterocycles. The van der Waals surface area contributed by atoms with Crippen LogP contribution in [0.25, 0.3) is 0 Å². The standard InChI is InChI=1S/C20H16BrF2N5O2/c21-14-3-1-12(2-4-14)9-27-11-24-20(26-27)25-19(30)13-7-18(29)28(10-13)17-6-5-15(22)8-16(17)23/h1-6,8,11,13H,7,9-10H2,(H,25,26,30). The molecule has 2 amide bonds. The molecule has 1 aromatic heterocycles. The van der Waals surface area contributed by atoms with E-state index in [2.05, 4.69) is 31.3 Å². The zero-order valence-corrected chi connectivity index (χ0v) is 17.1. The summed E-state index contributed by atoms with van der Waals surface area (Å²) in [4.78, 5) is 30.0. The van der Waals surface area contributed by atoms with Gasteiger partial charge in [-0.05, 0) is 29.8 Å². The molecule has 4 rings (SSSR count). The maximum atomic E-state index is 14.0. The van der Waals surface area contributed by atoms with Crippen LogP contribution in [0, 0.1) is 17.6 Å². The third kappa shape index (κ3) is 4.38. The maximum Gasteiger partial charge on any atom is 0.248 e. The van der Waals surface area contributed by atoms with E-state index in [1.807, 2.05) is 24.3 Å². The average molecular weight is 476 g/mol. The van der Waals surface area contributed by atoms with Gasteiger partial charge < -0.3 is 4.90 Å². The van der Waals surface area contributed by atoms with Gasteiger partial charge >= 0.3 is 0 Å². The van der Waals surface area contributed by atoms with Gasteiger partial charge in [0.05, 0.1) is 18.2 Å². The number of halogens is 3. The van der Waals surface area contributed by atoms with Crippen LogP contribution >= 0.6 is 15.9 Å². The van der Waals surface area contributed by atoms with E-state index in [1.54, 1.807) is 4.68 Å². The van der Waals surface area contributed by atoms with E-state index in [1.165, 1.54) is 12.4 Å². The summed E-state index contributed by atoms with van der Waals surface area (Å²) in [5, 5.41) is 6.81. The van der Waals surface area contributed by atoms with Crippen molar-refractivity contribution in [3.8, 4) is 0 Å². The predicted molar refractivity (Wildman–Crippen MR) is 109 cm³/mol. The van der Waals surface area contributed by atoms with Crippen LogP contribution in [0.15, 0.2) is 53.3 Å². The fourth-order valence-electron chi connectivity index (χ4n) is 3.23. The van der Waals surface area contributed by atoms with E-state index in [-0.39, 0.29) is 24.6 Å². The first-order valence-electron chi connectivity index (χ1n) is 9.09. The largest absolute Gasteiger partial charge is 0.309 e. The van der Waals surface area contributed by atoms with Gasteiger partial charge in [-0.3, -0.25) is 14.9 Å². The van der Waals surface area contributed by atoms with Crippen molar-refractivity contribution in [3.63, 3.8) is 0 Å². The monoisotopic (exact) mass is 475 g/mol. The number of hydrogen-bond acceptors (Lipinski definition) is 4.